The van der Waals surface area contributed by atoms with E-state index in [9.17, 15) is 17.1 Å². The third-order valence-electron chi connectivity index (χ3n) is 2.47. The Bertz CT molecular complexity index is 680. The van der Waals surface area contributed by atoms with Gasteiger partial charge in [-0.15, -0.1) is 3.89 Å². The van der Waals surface area contributed by atoms with Gasteiger partial charge in [-0.25, -0.2) is 0 Å². The molecule has 0 aliphatic heterocycles. The second-order valence-corrected chi connectivity index (χ2v) is 5.39. The van der Waals surface area contributed by atoms with Crippen LogP contribution < -0.4 is 0 Å². The number of aryl methyl sites for hydroxylation is 1. The summed E-state index contributed by atoms with van der Waals surface area (Å²) in [5.41, 5.74) is 0.688. The molecule has 0 N–H and O–H groups in total. The molecule has 0 aliphatic rings. The maximum atomic E-state index is 12.4. The van der Waals surface area contributed by atoms with Gasteiger partial charge in [-0.1, -0.05) is 30.3 Å². The SMILES string of the molecule is O=C(c1ccccc1)c1ccn(CCS(=O)(=O)F)n1. The summed E-state index contributed by atoms with van der Waals surface area (Å²) in [5, 5.41) is 3.93. The highest BCUT2D eigenvalue weighted by atomic mass is 32.3. The van der Waals surface area contributed by atoms with Crippen molar-refractivity contribution in [1.82, 2.24) is 9.78 Å². The first-order chi connectivity index (χ1) is 8.96. The van der Waals surface area contributed by atoms with Crippen LogP contribution in [-0.2, 0) is 16.8 Å². The van der Waals surface area contributed by atoms with Gasteiger partial charge in [0.15, 0.2) is 0 Å². The van der Waals surface area contributed by atoms with Gasteiger partial charge >= 0.3 is 10.2 Å². The van der Waals surface area contributed by atoms with Gasteiger partial charge in [-0.05, 0) is 6.07 Å². The van der Waals surface area contributed by atoms with Crippen LogP contribution in [0.2, 0.25) is 0 Å². The molecule has 0 radical (unpaired) electrons. The van der Waals surface area contributed by atoms with E-state index in [0.29, 0.717) is 5.56 Å². The number of benzene rings is 1. The van der Waals surface area contributed by atoms with Crippen molar-refractivity contribution < 1.29 is 17.1 Å². The maximum Gasteiger partial charge on any atom is 0.304 e. The fraction of sp³-hybridized carbons (Fsp3) is 0.167. The summed E-state index contributed by atoms with van der Waals surface area (Å²) in [7, 11) is -4.53. The molecule has 0 saturated carbocycles. The molecule has 1 aromatic carbocycles. The standard InChI is InChI=1S/C12H11FN2O3S/c13-19(17,18)9-8-15-7-6-11(14-15)12(16)10-4-2-1-3-5-10/h1-7H,8-9H2. The Morgan fingerprint density at radius 1 is 1.21 bits per heavy atom. The fourth-order valence-electron chi connectivity index (χ4n) is 1.55. The highest BCUT2D eigenvalue weighted by Crippen LogP contribution is 2.07. The predicted molar refractivity (Wildman–Crippen MR) is 67.0 cm³/mol. The van der Waals surface area contributed by atoms with Gasteiger partial charge in [-0.2, -0.15) is 13.5 Å². The van der Waals surface area contributed by atoms with Crippen LogP contribution in [-0.4, -0.2) is 29.7 Å². The minimum absolute atomic E-state index is 0.124. The highest BCUT2D eigenvalue weighted by Gasteiger charge is 2.13. The van der Waals surface area contributed by atoms with Crippen LogP contribution >= 0.6 is 0 Å². The van der Waals surface area contributed by atoms with Crippen LogP contribution in [0.5, 0.6) is 0 Å². The molecular weight excluding hydrogens is 271 g/mol. The molecule has 0 aliphatic carbocycles. The Morgan fingerprint density at radius 3 is 2.53 bits per heavy atom. The lowest BCUT2D eigenvalue weighted by Gasteiger charge is -1.98. The second-order valence-electron chi connectivity index (χ2n) is 3.90. The highest BCUT2D eigenvalue weighted by molar-refractivity contribution is 7.86. The Labute approximate surface area is 109 Å². The molecule has 100 valence electrons. The summed E-state index contributed by atoms with van der Waals surface area (Å²) in [6.07, 6.45) is 1.45. The number of ketones is 1. The van der Waals surface area contributed by atoms with E-state index >= 15 is 0 Å². The van der Waals surface area contributed by atoms with Crippen LogP contribution in [0.25, 0.3) is 0 Å². The van der Waals surface area contributed by atoms with Crippen molar-refractivity contribution >= 4 is 16.0 Å². The van der Waals surface area contributed by atoms with E-state index in [1.807, 2.05) is 0 Å². The van der Waals surface area contributed by atoms with Crippen molar-refractivity contribution in [3.05, 3.63) is 53.9 Å². The Hall–Kier alpha value is -2.02. The van der Waals surface area contributed by atoms with E-state index in [4.69, 9.17) is 0 Å². The quantitative estimate of drug-likeness (QED) is 0.614. The molecule has 7 heteroatoms. The third-order valence-corrected chi connectivity index (χ3v) is 3.14. The van der Waals surface area contributed by atoms with E-state index in [1.54, 1.807) is 30.3 Å². The van der Waals surface area contributed by atoms with E-state index in [0.717, 1.165) is 0 Å². The van der Waals surface area contributed by atoms with Gasteiger partial charge in [0.1, 0.15) is 5.69 Å². The molecule has 2 rings (SSSR count). The van der Waals surface area contributed by atoms with Crippen molar-refractivity contribution in [3.63, 3.8) is 0 Å². The summed E-state index contributed by atoms with van der Waals surface area (Å²) in [4.78, 5) is 12.0. The number of nitrogens with zero attached hydrogens (tertiary/aromatic N) is 2. The monoisotopic (exact) mass is 282 g/mol. The molecule has 0 unspecified atom stereocenters. The van der Waals surface area contributed by atoms with Crippen LogP contribution in [0.15, 0.2) is 42.6 Å². The minimum Gasteiger partial charge on any atom is -0.287 e. The molecule has 0 spiro atoms. The third kappa shape index (κ3) is 3.72. The van der Waals surface area contributed by atoms with E-state index < -0.39 is 16.0 Å². The molecule has 0 fully saturated rings. The summed E-state index contributed by atoms with van der Waals surface area (Å²) in [6, 6.07) is 10.1. The van der Waals surface area contributed by atoms with Crippen molar-refractivity contribution in [2.75, 3.05) is 5.75 Å². The normalized spacial score (nSPS) is 11.4. The first kappa shape index (κ1) is 13.4. The molecule has 0 amide bonds. The van der Waals surface area contributed by atoms with Gasteiger partial charge in [-0.3, -0.25) is 9.48 Å². The lowest BCUT2D eigenvalue weighted by molar-refractivity contribution is 0.103. The zero-order valence-corrected chi connectivity index (χ0v) is 10.7. The second kappa shape index (κ2) is 5.31. The van der Waals surface area contributed by atoms with Crippen molar-refractivity contribution in [2.45, 2.75) is 6.54 Å². The summed E-state index contributed by atoms with van der Waals surface area (Å²) in [6.45, 7) is -0.124. The predicted octanol–water partition coefficient (Wildman–Crippen LogP) is 1.41. The van der Waals surface area contributed by atoms with Gasteiger partial charge in [0.2, 0.25) is 5.78 Å². The number of carbonyl (C=O) groups is 1. The minimum atomic E-state index is -4.53. The smallest absolute Gasteiger partial charge is 0.287 e. The number of carbonyl (C=O) groups excluding carboxylic acids is 1. The Morgan fingerprint density at radius 2 is 1.89 bits per heavy atom. The zero-order chi connectivity index (χ0) is 13.9. The Balaban J connectivity index is 2.11. The number of hydrogen-bond acceptors (Lipinski definition) is 4. The van der Waals surface area contributed by atoms with Gasteiger partial charge < -0.3 is 0 Å². The number of rotatable bonds is 5. The molecule has 1 heterocycles. The molecular formula is C12H11FN2O3S. The summed E-state index contributed by atoms with van der Waals surface area (Å²) >= 11 is 0. The average molecular weight is 282 g/mol. The van der Waals surface area contributed by atoms with E-state index in [2.05, 4.69) is 5.10 Å². The lowest BCUT2D eigenvalue weighted by atomic mass is 10.1. The van der Waals surface area contributed by atoms with E-state index in [1.165, 1.54) is 16.9 Å². The van der Waals surface area contributed by atoms with Gasteiger partial charge in [0, 0.05) is 11.8 Å². The molecule has 2 aromatic rings. The number of aromatic nitrogens is 2. The fourth-order valence-corrected chi connectivity index (χ4v) is 1.95. The average Bonchev–Trinajstić information content (AvgIpc) is 2.84. The lowest BCUT2D eigenvalue weighted by Crippen LogP contribution is -2.10. The van der Waals surface area contributed by atoms with Crippen molar-refractivity contribution in [1.29, 1.82) is 0 Å². The van der Waals surface area contributed by atoms with E-state index in [-0.39, 0.29) is 18.0 Å². The maximum absolute atomic E-state index is 12.4. The van der Waals surface area contributed by atoms with Crippen LogP contribution in [0, 0.1) is 0 Å². The topological polar surface area (TPSA) is 69.0 Å². The van der Waals surface area contributed by atoms with Gasteiger partial charge in [0.25, 0.3) is 0 Å². The molecule has 0 bridgehead atoms. The van der Waals surface area contributed by atoms with Crippen LogP contribution in [0.1, 0.15) is 16.1 Å². The van der Waals surface area contributed by atoms with Gasteiger partial charge in [0.05, 0.1) is 12.3 Å². The molecule has 0 atom stereocenters. The number of halogens is 1. The molecule has 19 heavy (non-hydrogen) atoms. The zero-order valence-electron chi connectivity index (χ0n) is 9.86. The largest absolute Gasteiger partial charge is 0.304 e. The number of hydrogen-bond donors (Lipinski definition) is 0. The molecule has 1 aromatic heterocycles. The first-order valence-corrected chi connectivity index (χ1v) is 7.06. The van der Waals surface area contributed by atoms with Crippen molar-refractivity contribution in [3.8, 4) is 0 Å². The van der Waals surface area contributed by atoms with Crippen LogP contribution in [0.4, 0.5) is 3.89 Å². The first-order valence-electron chi connectivity index (χ1n) is 5.51. The summed E-state index contributed by atoms with van der Waals surface area (Å²) < 4.78 is 34.4. The molecule has 5 nitrogen and oxygen atoms in total. The van der Waals surface area contributed by atoms with Crippen molar-refractivity contribution in [2.24, 2.45) is 0 Å². The Kier molecular flexibility index (Phi) is 3.75. The summed E-state index contributed by atoms with van der Waals surface area (Å²) in [5.74, 6) is -0.921. The molecule has 0 saturated heterocycles. The van der Waals surface area contributed by atoms with Crippen LogP contribution in [0.3, 0.4) is 0 Å².